The third-order valence-electron chi connectivity index (χ3n) is 6.71. The lowest BCUT2D eigenvalue weighted by Crippen LogP contribution is -2.75. The van der Waals surface area contributed by atoms with Crippen LogP contribution < -0.4 is 21.6 Å². The summed E-state index contributed by atoms with van der Waals surface area (Å²) >= 11 is 0. The lowest BCUT2D eigenvalue weighted by atomic mass is 10.2. The standard InChI is InChI=1S/C25H33N6O8/c1-5-13-27-20(34)26(4)21(35)28(22(27)36)15-19(33)16-30-23(37)29(14-18(32)6-2)24(38)31(7-3,25(30)39)17-11-9-8-10-12-17/h5,8-12,18-19,32-33H,1,6-7,13-16H2,2-4H3/q+1. The van der Waals surface area contributed by atoms with Crippen molar-refractivity contribution in [3.8, 4) is 0 Å². The van der Waals surface area contributed by atoms with Gasteiger partial charge in [-0.05, 0) is 13.3 Å². The number of carbonyl (C=O) groups excluding carboxylic acids is 3. The minimum absolute atomic E-state index is 0.0766. The van der Waals surface area contributed by atoms with Gasteiger partial charge in [-0.15, -0.1) is 11.1 Å². The predicted octanol–water partition coefficient (Wildman–Crippen LogP) is 0.0315. The molecule has 2 aromatic rings. The fourth-order valence-electron chi connectivity index (χ4n) is 4.49. The Morgan fingerprint density at radius 3 is 1.87 bits per heavy atom. The highest BCUT2D eigenvalue weighted by atomic mass is 16.3. The van der Waals surface area contributed by atoms with Crippen LogP contribution in [0.3, 0.4) is 0 Å². The van der Waals surface area contributed by atoms with E-state index in [2.05, 4.69) is 6.58 Å². The van der Waals surface area contributed by atoms with Crippen molar-refractivity contribution < 1.29 is 24.6 Å². The molecule has 3 rings (SSSR count). The Morgan fingerprint density at radius 2 is 1.36 bits per heavy atom. The fraction of sp³-hybridized carbons (Fsp3) is 0.440. The quantitative estimate of drug-likeness (QED) is 0.295. The summed E-state index contributed by atoms with van der Waals surface area (Å²) in [5, 5.41) is 21.1. The Balaban J connectivity index is 2.05. The van der Waals surface area contributed by atoms with E-state index in [4.69, 9.17) is 0 Å². The first kappa shape index (κ1) is 29.4. The van der Waals surface area contributed by atoms with E-state index in [9.17, 15) is 39.0 Å². The van der Waals surface area contributed by atoms with E-state index in [0.29, 0.717) is 14.0 Å². The van der Waals surface area contributed by atoms with Gasteiger partial charge in [-0.2, -0.15) is 0 Å². The fourth-order valence-corrected chi connectivity index (χ4v) is 4.49. The summed E-state index contributed by atoms with van der Waals surface area (Å²) in [4.78, 5) is 80.1. The van der Waals surface area contributed by atoms with Crippen LogP contribution in [0.1, 0.15) is 20.3 Å². The van der Waals surface area contributed by atoms with Crippen molar-refractivity contribution in [3.05, 3.63) is 74.4 Å². The molecule has 14 nitrogen and oxygen atoms in total. The first-order valence-corrected chi connectivity index (χ1v) is 12.5. The number of nitrogens with zero attached hydrogens (tertiary/aromatic N) is 6. The molecule has 1 aromatic heterocycles. The number of para-hydroxylation sites is 1. The molecule has 0 aliphatic carbocycles. The molecule has 1 aliphatic rings. The molecule has 3 atom stereocenters. The molecular weight excluding hydrogens is 512 g/mol. The van der Waals surface area contributed by atoms with Crippen LogP contribution in [0.4, 0.5) is 20.1 Å². The Hall–Kier alpha value is -4.14. The van der Waals surface area contributed by atoms with Gasteiger partial charge in [-0.1, -0.05) is 31.2 Å². The molecule has 1 aromatic carbocycles. The zero-order valence-corrected chi connectivity index (χ0v) is 22.1. The second-order valence-electron chi connectivity index (χ2n) is 9.16. The van der Waals surface area contributed by atoms with Gasteiger partial charge in [0.05, 0.1) is 44.9 Å². The molecule has 2 N–H and O–H groups in total. The SMILES string of the molecule is C=CCn1c(=O)n(C)c(=O)n(CC(O)CN2C(=O)N(CC(O)CC)C(=O)[N+](CC)(c3ccccc3)C2=O)c1=O. The molecular formula is C25H33N6O8+. The smallest absolute Gasteiger partial charge is 0.391 e. The third-order valence-corrected chi connectivity index (χ3v) is 6.71. The number of hydrogen-bond acceptors (Lipinski definition) is 8. The van der Waals surface area contributed by atoms with Gasteiger partial charge < -0.3 is 10.2 Å². The largest absolute Gasteiger partial charge is 0.441 e. The van der Waals surface area contributed by atoms with E-state index < -0.39 is 64.9 Å². The van der Waals surface area contributed by atoms with Gasteiger partial charge in [0.25, 0.3) is 0 Å². The molecule has 0 radical (unpaired) electrons. The van der Waals surface area contributed by atoms with Gasteiger partial charge >= 0.3 is 35.2 Å². The van der Waals surface area contributed by atoms with Crippen LogP contribution in [0.25, 0.3) is 0 Å². The molecule has 0 saturated carbocycles. The molecule has 2 heterocycles. The van der Waals surface area contributed by atoms with Crippen molar-refractivity contribution in [2.75, 3.05) is 19.6 Å². The molecule has 14 heteroatoms. The molecule has 0 spiro atoms. The Morgan fingerprint density at radius 1 is 0.821 bits per heavy atom. The summed E-state index contributed by atoms with van der Waals surface area (Å²) < 4.78 is 1.15. The highest BCUT2D eigenvalue weighted by Crippen LogP contribution is 2.32. The maximum absolute atomic E-state index is 13.8. The maximum atomic E-state index is 13.8. The number of rotatable bonds is 11. The number of β-amino-alcohol motifs (C(OH)–C–C–N with tert-alkyl or cyclic N) is 2. The van der Waals surface area contributed by atoms with Crippen molar-refractivity contribution in [3.63, 3.8) is 0 Å². The van der Waals surface area contributed by atoms with Crippen LogP contribution in [-0.4, -0.2) is 83.6 Å². The molecule has 1 saturated heterocycles. The highest BCUT2D eigenvalue weighted by Gasteiger charge is 2.59. The van der Waals surface area contributed by atoms with Crippen molar-refractivity contribution >= 4 is 23.8 Å². The number of imide groups is 3. The molecule has 0 bridgehead atoms. The molecule has 210 valence electrons. The number of amides is 6. The number of carbonyl (C=O) groups is 3. The van der Waals surface area contributed by atoms with E-state index in [1.54, 1.807) is 44.2 Å². The minimum atomic E-state index is -1.63. The van der Waals surface area contributed by atoms with Gasteiger partial charge in [0.2, 0.25) is 0 Å². The van der Waals surface area contributed by atoms with E-state index in [0.717, 1.165) is 9.47 Å². The van der Waals surface area contributed by atoms with Gasteiger partial charge in [0, 0.05) is 19.2 Å². The zero-order chi connectivity index (χ0) is 29.1. The second kappa shape index (κ2) is 11.7. The number of aromatic nitrogens is 3. The normalized spacial score (nSPS) is 19.4. The van der Waals surface area contributed by atoms with E-state index in [1.807, 2.05) is 0 Å². The second-order valence-corrected chi connectivity index (χ2v) is 9.16. The number of aliphatic hydroxyl groups is 2. The Kier molecular flexibility index (Phi) is 8.84. The number of allylic oxidation sites excluding steroid dienone is 1. The van der Waals surface area contributed by atoms with E-state index >= 15 is 0 Å². The molecule has 1 fully saturated rings. The van der Waals surface area contributed by atoms with E-state index in [-0.39, 0.29) is 31.7 Å². The van der Waals surface area contributed by atoms with Crippen molar-refractivity contribution in [2.45, 2.75) is 45.6 Å². The van der Waals surface area contributed by atoms with Crippen molar-refractivity contribution in [1.82, 2.24) is 28.0 Å². The summed E-state index contributed by atoms with van der Waals surface area (Å²) in [5.74, 6) is 0. The van der Waals surface area contributed by atoms with Crippen LogP contribution in [0.15, 0.2) is 57.4 Å². The van der Waals surface area contributed by atoms with Crippen LogP contribution in [0.5, 0.6) is 0 Å². The lowest BCUT2D eigenvalue weighted by molar-refractivity contribution is 0.0632. The van der Waals surface area contributed by atoms with Crippen LogP contribution in [0.2, 0.25) is 0 Å². The minimum Gasteiger partial charge on any atom is -0.391 e. The number of hydrogen-bond donors (Lipinski definition) is 2. The summed E-state index contributed by atoms with van der Waals surface area (Å²) in [7, 11) is 1.17. The summed E-state index contributed by atoms with van der Waals surface area (Å²) in [6.45, 7) is 4.77. The summed E-state index contributed by atoms with van der Waals surface area (Å²) in [6, 6.07) is 5.25. The van der Waals surface area contributed by atoms with Crippen LogP contribution in [0, 0.1) is 0 Å². The first-order chi connectivity index (χ1) is 18.5. The number of urea groups is 3. The molecule has 3 unspecified atom stereocenters. The summed E-state index contributed by atoms with van der Waals surface area (Å²) in [5.41, 5.74) is -2.58. The molecule has 39 heavy (non-hydrogen) atoms. The zero-order valence-electron chi connectivity index (χ0n) is 22.1. The number of benzene rings is 1. The number of quaternary nitrogens is 1. The third kappa shape index (κ3) is 5.13. The van der Waals surface area contributed by atoms with Crippen LogP contribution >= 0.6 is 0 Å². The lowest BCUT2D eigenvalue weighted by Gasteiger charge is -2.43. The van der Waals surface area contributed by atoms with E-state index in [1.165, 1.54) is 13.1 Å². The van der Waals surface area contributed by atoms with Gasteiger partial charge in [-0.25, -0.2) is 52.3 Å². The van der Waals surface area contributed by atoms with Gasteiger partial charge in [-0.3, -0.25) is 0 Å². The van der Waals surface area contributed by atoms with Crippen molar-refractivity contribution in [1.29, 1.82) is 0 Å². The summed E-state index contributed by atoms with van der Waals surface area (Å²) in [6.07, 6.45) is -1.16. The van der Waals surface area contributed by atoms with Gasteiger partial charge in [0.15, 0.2) is 5.69 Å². The topological polar surface area (TPSA) is 164 Å². The Bertz CT molecular complexity index is 1450. The highest BCUT2D eigenvalue weighted by molar-refractivity contribution is 6.20. The maximum Gasteiger partial charge on any atom is 0.441 e. The average molecular weight is 546 g/mol. The predicted molar refractivity (Wildman–Crippen MR) is 141 cm³/mol. The Labute approximate surface area is 223 Å². The molecule has 6 amide bonds. The average Bonchev–Trinajstić information content (AvgIpc) is 2.93. The van der Waals surface area contributed by atoms with Gasteiger partial charge in [0.1, 0.15) is 0 Å². The first-order valence-electron chi connectivity index (χ1n) is 12.5. The monoisotopic (exact) mass is 545 g/mol. The number of aliphatic hydroxyl groups excluding tert-OH is 2. The van der Waals surface area contributed by atoms with Crippen LogP contribution in [-0.2, 0) is 20.1 Å². The molecule has 1 aliphatic heterocycles. The van der Waals surface area contributed by atoms with Crippen molar-refractivity contribution in [2.24, 2.45) is 7.05 Å².